The molecule has 0 aliphatic heterocycles. The monoisotopic (exact) mass is 857 g/mol. The molecule has 0 N–H and O–H groups in total. The van der Waals surface area contributed by atoms with Crippen LogP contribution in [0, 0.1) is 0 Å². The van der Waals surface area contributed by atoms with Crippen molar-refractivity contribution in [1.29, 1.82) is 0 Å². The standard InChI is InChI=1S/C63H55NS/c1-61(2,3)42-37-41(38-43(39-42)62(4,5)6)44-27-17-21-40-22-18-28-47(58(40)44)45-23-10-14-32-53(45)64(55-34-20-31-52-60(55)49-25-9-13-30-51(49)63(52,7)8)54-33-15-11-24-46(54)48-29-19-36-57-59(48)50-26-12-16-35-56(50)65-57/h9-39H,1-8H3. The summed E-state index contributed by atoms with van der Waals surface area (Å²) in [6, 6.07) is 71.0. The number of thiophene rings is 1. The molecule has 0 fully saturated rings. The fourth-order valence-electron chi connectivity index (χ4n) is 10.6. The zero-order valence-electron chi connectivity index (χ0n) is 38.8. The van der Waals surface area contributed by atoms with Gasteiger partial charge in [-0.3, -0.25) is 0 Å². The lowest BCUT2D eigenvalue weighted by molar-refractivity contribution is 0.569. The summed E-state index contributed by atoms with van der Waals surface area (Å²) >= 11 is 1.88. The van der Waals surface area contributed by atoms with E-state index in [1.807, 2.05) is 11.3 Å². The van der Waals surface area contributed by atoms with Gasteiger partial charge in [-0.2, -0.15) is 0 Å². The Morgan fingerprint density at radius 2 is 0.877 bits per heavy atom. The van der Waals surface area contributed by atoms with Gasteiger partial charge in [0.05, 0.1) is 17.1 Å². The molecule has 0 radical (unpaired) electrons. The van der Waals surface area contributed by atoms with Crippen LogP contribution in [-0.2, 0) is 16.2 Å². The van der Waals surface area contributed by atoms with Crippen molar-refractivity contribution in [1.82, 2.24) is 0 Å². The molecule has 0 saturated carbocycles. The first-order valence-electron chi connectivity index (χ1n) is 23.1. The highest BCUT2D eigenvalue weighted by atomic mass is 32.1. The van der Waals surface area contributed by atoms with Gasteiger partial charge in [-0.25, -0.2) is 0 Å². The molecule has 0 unspecified atom stereocenters. The minimum atomic E-state index is -0.161. The Labute approximate surface area is 388 Å². The van der Waals surface area contributed by atoms with Crippen LogP contribution in [0.1, 0.15) is 77.6 Å². The Kier molecular flexibility index (Phi) is 9.58. The lowest BCUT2D eigenvalue weighted by Crippen LogP contribution is -2.16. The molecule has 1 heterocycles. The highest BCUT2D eigenvalue weighted by molar-refractivity contribution is 7.25. The number of rotatable bonds is 6. The highest BCUT2D eigenvalue weighted by Crippen LogP contribution is 2.56. The molecule has 0 atom stereocenters. The van der Waals surface area contributed by atoms with Gasteiger partial charge in [-0.05, 0) is 102 Å². The molecule has 65 heavy (non-hydrogen) atoms. The second-order valence-corrected chi connectivity index (χ2v) is 21.6. The molecule has 0 bridgehead atoms. The number of hydrogen-bond acceptors (Lipinski definition) is 2. The fraction of sp³-hybridized carbons (Fsp3) is 0.175. The fourth-order valence-corrected chi connectivity index (χ4v) is 11.7. The van der Waals surface area contributed by atoms with E-state index in [4.69, 9.17) is 0 Å². The van der Waals surface area contributed by atoms with Gasteiger partial charge in [0.1, 0.15) is 0 Å². The lowest BCUT2D eigenvalue weighted by atomic mass is 9.78. The number of nitrogens with zero attached hydrogens (tertiary/aromatic N) is 1. The van der Waals surface area contributed by atoms with Crippen LogP contribution >= 0.6 is 11.3 Å². The number of hydrogen-bond donors (Lipinski definition) is 0. The molecule has 0 spiro atoms. The van der Waals surface area contributed by atoms with Crippen LogP contribution in [-0.4, -0.2) is 0 Å². The van der Waals surface area contributed by atoms with Crippen molar-refractivity contribution in [2.45, 2.75) is 71.6 Å². The summed E-state index contributed by atoms with van der Waals surface area (Å²) in [5, 5.41) is 5.10. The Balaban J connectivity index is 1.22. The van der Waals surface area contributed by atoms with Gasteiger partial charge in [0.2, 0.25) is 0 Å². The van der Waals surface area contributed by atoms with Crippen LogP contribution < -0.4 is 4.90 Å². The third-order valence-corrected chi connectivity index (χ3v) is 15.1. The zero-order valence-corrected chi connectivity index (χ0v) is 39.6. The van der Waals surface area contributed by atoms with Crippen molar-refractivity contribution >= 4 is 59.3 Å². The second kappa shape index (κ2) is 15.2. The van der Waals surface area contributed by atoms with Crippen LogP contribution in [0.25, 0.3) is 75.5 Å². The molecule has 1 aromatic heterocycles. The van der Waals surface area contributed by atoms with Gasteiger partial charge in [-0.1, -0.05) is 213 Å². The molecular formula is C63H55NS. The smallest absolute Gasteiger partial charge is 0.0543 e. The summed E-state index contributed by atoms with van der Waals surface area (Å²) in [7, 11) is 0. The first kappa shape index (κ1) is 41.0. The van der Waals surface area contributed by atoms with Gasteiger partial charge < -0.3 is 4.90 Å². The Morgan fingerprint density at radius 1 is 0.400 bits per heavy atom. The summed E-state index contributed by atoms with van der Waals surface area (Å²) < 4.78 is 2.61. The highest BCUT2D eigenvalue weighted by Gasteiger charge is 2.38. The van der Waals surface area contributed by atoms with Crippen LogP contribution in [0.2, 0.25) is 0 Å². The van der Waals surface area contributed by atoms with Gasteiger partial charge >= 0.3 is 0 Å². The third-order valence-electron chi connectivity index (χ3n) is 14.0. The maximum atomic E-state index is 2.59. The maximum absolute atomic E-state index is 2.59. The summed E-state index contributed by atoms with van der Waals surface area (Å²) in [5.74, 6) is 0. The Bertz CT molecular complexity index is 3460. The van der Waals surface area contributed by atoms with Crippen molar-refractivity contribution in [2.24, 2.45) is 0 Å². The van der Waals surface area contributed by atoms with E-state index in [9.17, 15) is 0 Å². The average Bonchev–Trinajstić information content (AvgIpc) is 3.81. The Hall–Kier alpha value is -6.74. The maximum Gasteiger partial charge on any atom is 0.0543 e. The van der Waals surface area contributed by atoms with Crippen LogP contribution in [0.15, 0.2) is 188 Å². The molecule has 11 rings (SSSR count). The van der Waals surface area contributed by atoms with E-state index in [0.29, 0.717) is 0 Å². The number of benzene rings is 9. The predicted molar refractivity (Wildman–Crippen MR) is 283 cm³/mol. The van der Waals surface area contributed by atoms with Crippen LogP contribution in [0.5, 0.6) is 0 Å². The second-order valence-electron chi connectivity index (χ2n) is 20.5. The van der Waals surface area contributed by atoms with Crippen molar-refractivity contribution in [3.63, 3.8) is 0 Å². The van der Waals surface area contributed by atoms with E-state index in [0.717, 1.165) is 11.4 Å². The topological polar surface area (TPSA) is 3.24 Å². The molecule has 9 aromatic carbocycles. The van der Waals surface area contributed by atoms with Gasteiger partial charge in [0.15, 0.2) is 0 Å². The van der Waals surface area contributed by atoms with E-state index in [1.54, 1.807) is 0 Å². The molecule has 10 aromatic rings. The van der Waals surface area contributed by atoms with Crippen molar-refractivity contribution in [2.75, 3.05) is 4.90 Å². The minimum absolute atomic E-state index is 0.00726. The van der Waals surface area contributed by atoms with E-state index in [-0.39, 0.29) is 16.2 Å². The van der Waals surface area contributed by atoms with E-state index in [1.165, 1.54) is 103 Å². The largest absolute Gasteiger partial charge is 0.309 e. The molecular weight excluding hydrogens is 803 g/mol. The van der Waals surface area contributed by atoms with E-state index >= 15 is 0 Å². The lowest BCUT2D eigenvalue weighted by Gasteiger charge is -2.32. The number of para-hydroxylation sites is 2. The predicted octanol–water partition coefficient (Wildman–Crippen LogP) is 18.6. The van der Waals surface area contributed by atoms with Gasteiger partial charge in [0, 0.05) is 42.3 Å². The Morgan fingerprint density at radius 3 is 1.54 bits per heavy atom. The molecule has 1 nitrogen and oxygen atoms in total. The molecule has 0 amide bonds. The summed E-state index contributed by atoms with van der Waals surface area (Å²) in [6.45, 7) is 18.7. The first-order valence-corrected chi connectivity index (χ1v) is 23.9. The number of fused-ring (bicyclic) bond motifs is 7. The normalized spacial score (nSPS) is 13.4. The third kappa shape index (κ3) is 6.72. The summed E-state index contributed by atoms with van der Waals surface area (Å²) in [5.41, 5.74) is 18.7. The van der Waals surface area contributed by atoms with Crippen LogP contribution in [0.4, 0.5) is 17.1 Å². The van der Waals surface area contributed by atoms with E-state index in [2.05, 4.69) is 248 Å². The molecule has 1 aliphatic carbocycles. The average molecular weight is 858 g/mol. The SMILES string of the molecule is CC(C)(C)c1cc(-c2cccc3cccc(-c4ccccc4N(c4ccccc4-c4cccc5sc6ccccc6c45)c4cccc5c4-c4ccccc4C5(C)C)c23)cc(C(C)(C)C)c1. The quantitative estimate of drug-likeness (QED) is 0.161. The summed E-state index contributed by atoms with van der Waals surface area (Å²) in [4.78, 5) is 2.59. The molecule has 0 saturated heterocycles. The summed E-state index contributed by atoms with van der Waals surface area (Å²) in [6.07, 6.45) is 0. The minimum Gasteiger partial charge on any atom is -0.309 e. The van der Waals surface area contributed by atoms with Gasteiger partial charge in [-0.15, -0.1) is 11.3 Å². The van der Waals surface area contributed by atoms with Crippen molar-refractivity contribution in [3.05, 3.63) is 210 Å². The molecule has 318 valence electrons. The molecule has 2 heteroatoms. The zero-order chi connectivity index (χ0) is 44.8. The first-order chi connectivity index (χ1) is 31.3. The molecule has 1 aliphatic rings. The van der Waals surface area contributed by atoms with Crippen molar-refractivity contribution < 1.29 is 0 Å². The van der Waals surface area contributed by atoms with E-state index < -0.39 is 0 Å². The van der Waals surface area contributed by atoms with Gasteiger partial charge in [0.25, 0.3) is 0 Å². The number of anilines is 3. The van der Waals surface area contributed by atoms with Crippen molar-refractivity contribution in [3.8, 4) is 44.5 Å². The van der Waals surface area contributed by atoms with Crippen LogP contribution in [0.3, 0.4) is 0 Å².